The van der Waals surface area contributed by atoms with Gasteiger partial charge in [-0.1, -0.05) is 36.4 Å². The second-order valence-electron chi connectivity index (χ2n) is 9.75. The normalized spacial score (nSPS) is 19.6. The molecule has 0 amide bonds. The molecule has 2 N–H and O–H groups in total. The van der Waals surface area contributed by atoms with E-state index in [4.69, 9.17) is 4.98 Å². The predicted molar refractivity (Wildman–Crippen MR) is 137 cm³/mol. The summed E-state index contributed by atoms with van der Waals surface area (Å²) in [6.45, 7) is 5.11. The Bertz CT molecular complexity index is 1040. The average molecular weight is 456 g/mol. The molecule has 3 heterocycles. The lowest BCUT2D eigenvalue weighted by Crippen LogP contribution is -2.46. The maximum absolute atomic E-state index is 4.86. The zero-order chi connectivity index (χ0) is 23.0. The molecule has 1 aliphatic heterocycles. The summed E-state index contributed by atoms with van der Waals surface area (Å²) in [5, 5.41) is 7.40. The maximum Gasteiger partial charge on any atom is 0.0607 e. The van der Waals surface area contributed by atoms with Gasteiger partial charge in [0.15, 0.2) is 0 Å². The van der Waals surface area contributed by atoms with Gasteiger partial charge in [0.1, 0.15) is 0 Å². The Morgan fingerprint density at radius 1 is 0.971 bits per heavy atom. The van der Waals surface area contributed by atoms with Crippen molar-refractivity contribution in [2.24, 2.45) is 0 Å². The highest BCUT2D eigenvalue weighted by molar-refractivity contribution is 5.30. The topological polar surface area (TPSA) is 53.1 Å². The fourth-order valence-electron chi connectivity index (χ4n) is 5.55. The van der Waals surface area contributed by atoms with E-state index in [2.05, 4.69) is 63.0 Å². The first-order chi connectivity index (χ1) is 16.9. The van der Waals surface area contributed by atoms with Crippen molar-refractivity contribution in [3.63, 3.8) is 0 Å². The van der Waals surface area contributed by atoms with Gasteiger partial charge in [-0.25, -0.2) is 0 Å². The second kappa shape index (κ2) is 11.7. The Balaban J connectivity index is 1.20. The van der Waals surface area contributed by atoms with Crippen LogP contribution in [0.3, 0.4) is 0 Å². The molecule has 2 atom stereocenters. The molecule has 34 heavy (non-hydrogen) atoms. The third-order valence-electron chi connectivity index (χ3n) is 7.33. The van der Waals surface area contributed by atoms with Crippen LogP contribution in [0.25, 0.3) is 0 Å². The Kier molecular flexibility index (Phi) is 7.97. The largest absolute Gasteiger partial charge is 0.313 e. The number of aromatic nitrogens is 2. The van der Waals surface area contributed by atoms with E-state index in [9.17, 15) is 0 Å². The Hall–Kier alpha value is -2.60. The summed E-state index contributed by atoms with van der Waals surface area (Å²) < 4.78 is 0. The fourth-order valence-corrected chi connectivity index (χ4v) is 5.55. The third kappa shape index (κ3) is 5.90. The van der Waals surface area contributed by atoms with Gasteiger partial charge in [0.05, 0.1) is 11.7 Å². The molecule has 178 valence electrons. The molecule has 0 bridgehead atoms. The number of nitrogens with one attached hydrogen (secondary N) is 2. The van der Waals surface area contributed by atoms with Gasteiger partial charge in [0, 0.05) is 44.3 Å². The molecule has 0 saturated heterocycles. The summed E-state index contributed by atoms with van der Waals surface area (Å²) in [4.78, 5) is 11.8. The molecule has 0 radical (unpaired) electrons. The van der Waals surface area contributed by atoms with Crippen LogP contribution >= 0.6 is 0 Å². The summed E-state index contributed by atoms with van der Waals surface area (Å²) in [5.41, 5.74) is 6.98. The van der Waals surface area contributed by atoms with Crippen molar-refractivity contribution >= 4 is 0 Å². The summed E-state index contributed by atoms with van der Waals surface area (Å²) >= 11 is 0. The molecule has 1 aromatic carbocycles. The van der Waals surface area contributed by atoms with Gasteiger partial charge in [0.2, 0.25) is 0 Å². The average Bonchev–Trinajstić information content (AvgIpc) is 2.90. The van der Waals surface area contributed by atoms with Crippen LogP contribution in [0, 0.1) is 0 Å². The lowest BCUT2D eigenvalue weighted by Gasteiger charge is -2.38. The zero-order valence-corrected chi connectivity index (χ0v) is 20.1. The van der Waals surface area contributed by atoms with Crippen LogP contribution in [0.4, 0.5) is 0 Å². The number of nitrogens with zero attached hydrogens (tertiary/aromatic N) is 3. The Labute approximate surface area is 204 Å². The second-order valence-corrected chi connectivity index (χ2v) is 9.75. The van der Waals surface area contributed by atoms with Crippen molar-refractivity contribution in [3.05, 3.63) is 95.1 Å². The smallest absolute Gasteiger partial charge is 0.0607 e. The first-order valence-corrected chi connectivity index (χ1v) is 12.9. The van der Waals surface area contributed by atoms with Crippen LogP contribution in [0.1, 0.15) is 59.7 Å². The van der Waals surface area contributed by atoms with Gasteiger partial charge in [-0.3, -0.25) is 14.9 Å². The molecule has 0 saturated carbocycles. The number of hydrogen-bond acceptors (Lipinski definition) is 5. The molecular formula is C29H37N5. The quantitative estimate of drug-likeness (QED) is 0.443. The highest BCUT2D eigenvalue weighted by Gasteiger charge is 2.29. The standard InChI is InChI=1S/C29H37N5/c1-2-10-26-21-33-27(18-25(26)9-1)22-34(28-13-5-11-24-12-7-16-32-29(24)28)17-4-3-14-30-19-23-8-6-15-31-20-23/h1-2,6-10,12,15-16,20,27-28,30,33H,3-5,11,13-14,17-19,21-22H2/t27-,28+/m1/s1. The van der Waals surface area contributed by atoms with Gasteiger partial charge in [-0.05, 0) is 86.0 Å². The van der Waals surface area contributed by atoms with Crippen molar-refractivity contribution in [3.8, 4) is 0 Å². The first kappa shape index (κ1) is 23.2. The summed E-state index contributed by atoms with van der Waals surface area (Å²) in [5.74, 6) is 0. The van der Waals surface area contributed by atoms with Crippen LogP contribution in [0.5, 0.6) is 0 Å². The van der Waals surface area contributed by atoms with E-state index in [1.54, 1.807) is 0 Å². The minimum absolute atomic E-state index is 0.437. The molecule has 5 nitrogen and oxygen atoms in total. The fraction of sp³-hybridized carbons (Fsp3) is 0.448. The molecule has 3 aromatic rings. The van der Waals surface area contributed by atoms with E-state index in [1.807, 2.05) is 24.7 Å². The predicted octanol–water partition coefficient (Wildman–Crippen LogP) is 4.44. The molecule has 0 unspecified atom stereocenters. The van der Waals surface area contributed by atoms with E-state index >= 15 is 0 Å². The van der Waals surface area contributed by atoms with Gasteiger partial charge in [0.25, 0.3) is 0 Å². The van der Waals surface area contributed by atoms with Gasteiger partial charge in [-0.2, -0.15) is 0 Å². The molecule has 0 spiro atoms. The lowest BCUT2D eigenvalue weighted by atomic mass is 9.89. The number of hydrogen-bond donors (Lipinski definition) is 2. The summed E-state index contributed by atoms with van der Waals surface area (Å²) in [6.07, 6.45) is 12.9. The van der Waals surface area contributed by atoms with E-state index < -0.39 is 0 Å². The van der Waals surface area contributed by atoms with Crippen LogP contribution < -0.4 is 10.6 Å². The number of benzene rings is 1. The van der Waals surface area contributed by atoms with Crippen LogP contribution in [0.2, 0.25) is 0 Å². The van der Waals surface area contributed by atoms with Crippen LogP contribution in [-0.2, 0) is 25.9 Å². The molecule has 2 aliphatic rings. The van der Waals surface area contributed by atoms with Crippen molar-refractivity contribution in [1.29, 1.82) is 0 Å². The number of aryl methyl sites for hydroxylation is 1. The number of fused-ring (bicyclic) bond motifs is 2. The SMILES string of the molecule is c1cncc(CNCCCCN(C[C@H]2Cc3ccccc3CN2)[C@H]2CCCc3cccnc32)c1. The van der Waals surface area contributed by atoms with Gasteiger partial charge < -0.3 is 10.6 Å². The van der Waals surface area contributed by atoms with E-state index in [0.717, 1.165) is 39.1 Å². The van der Waals surface area contributed by atoms with Crippen molar-refractivity contribution in [2.75, 3.05) is 19.6 Å². The van der Waals surface area contributed by atoms with Crippen molar-refractivity contribution in [2.45, 2.75) is 63.7 Å². The van der Waals surface area contributed by atoms with Gasteiger partial charge >= 0.3 is 0 Å². The molecular weight excluding hydrogens is 418 g/mol. The van der Waals surface area contributed by atoms with Crippen LogP contribution in [0.15, 0.2) is 67.1 Å². The first-order valence-electron chi connectivity index (χ1n) is 12.9. The summed E-state index contributed by atoms with van der Waals surface area (Å²) in [7, 11) is 0. The van der Waals surface area contributed by atoms with E-state index in [1.165, 1.54) is 60.1 Å². The zero-order valence-electron chi connectivity index (χ0n) is 20.1. The minimum atomic E-state index is 0.437. The minimum Gasteiger partial charge on any atom is -0.313 e. The maximum atomic E-state index is 4.86. The highest BCUT2D eigenvalue weighted by Crippen LogP contribution is 2.33. The monoisotopic (exact) mass is 455 g/mol. The molecule has 2 aromatic heterocycles. The Morgan fingerprint density at radius 2 is 1.85 bits per heavy atom. The summed E-state index contributed by atoms with van der Waals surface area (Å²) in [6, 6.07) is 18.3. The molecule has 5 rings (SSSR count). The number of unbranched alkanes of at least 4 members (excludes halogenated alkanes) is 1. The third-order valence-corrected chi connectivity index (χ3v) is 7.33. The number of pyridine rings is 2. The van der Waals surface area contributed by atoms with Gasteiger partial charge in [-0.15, -0.1) is 0 Å². The van der Waals surface area contributed by atoms with E-state index in [-0.39, 0.29) is 0 Å². The molecule has 0 fully saturated rings. The lowest BCUT2D eigenvalue weighted by molar-refractivity contribution is 0.150. The number of rotatable bonds is 10. The molecule has 5 heteroatoms. The van der Waals surface area contributed by atoms with E-state index in [0.29, 0.717) is 12.1 Å². The van der Waals surface area contributed by atoms with Crippen molar-refractivity contribution < 1.29 is 0 Å². The highest BCUT2D eigenvalue weighted by atomic mass is 15.2. The Morgan fingerprint density at radius 3 is 2.76 bits per heavy atom. The van der Waals surface area contributed by atoms with Crippen molar-refractivity contribution in [1.82, 2.24) is 25.5 Å². The van der Waals surface area contributed by atoms with Crippen LogP contribution in [-0.4, -0.2) is 40.5 Å². The molecule has 1 aliphatic carbocycles.